The molecule has 2 aromatic carbocycles. The van der Waals surface area contributed by atoms with Gasteiger partial charge in [-0.1, -0.05) is 41.4 Å². The first-order chi connectivity index (χ1) is 15.2. The molecule has 162 valence electrons. The normalized spacial score (nSPS) is 11.5. The number of aryl methyl sites for hydroxylation is 3. The standard InChI is InChI=1S/C22H19ClN6O2S/c1-14-7-9-19(10-8-14)32(30,31)28(13-18-6-4-5-17(11-18)12-24)22-26-21-25-15(2)20(23)16(3)29(21)27-22/h4-11H,13H2,1-3H3. The van der Waals surface area contributed by atoms with E-state index < -0.39 is 10.0 Å². The summed E-state index contributed by atoms with van der Waals surface area (Å²) in [5.41, 5.74) is 3.17. The van der Waals surface area contributed by atoms with Crippen LogP contribution in [0.5, 0.6) is 0 Å². The van der Waals surface area contributed by atoms with Crippen LogP contribution in [-0.2, 0) is 16.6 Å². The number of fused-ring (bicyclic) bond motifs is 1. The van der Waals surface area contributed by atoms with Crippen LogP contribution < -0.4 is 4.31 Å². The number of benzene rings is 2. The molecule has 32 heavy (non-hydrogen) atoms. The van der Waals surface area contributed by atoms with Gasteiger partial charge in [0, 0.05) is 0 Å². The Labute approximate surface area is 190 Å². The predicted molar refractivity (Wildman–Crippen MR) is 121 cm³/mol. The van der Waals surface area contributed by atoms with Crippen molar-refractivity contribution in [3.8, 4) is 6.07 Å². The average molecular weight is 467 g/mol. The lowest BCUT2D eigenvalue weighted by Crippen LogP contribution is -2.31. The second-order valence-corrected chi connectivity index (χ2v) is 9.60. The van der Waals surface area contributed by atoms with Crippen LogP contribution in [0.25, 0.3) is 5.78 Å². The van der Waals surface area contributed by atoms with Crippen molar-refractivity contribution in [3.63, 3.8) is 0 Å². The molecule has 8 nitrogen and oxygen atoms in total. The average Bonchev–Trinajstić information content (AvgIpc) is 3.19. The lowest BCUT2D eigenvalue weighted by atomic mass is 10.1. The highest BCUT2D eigenvalue weighted by Gasteiger charge is 2.29. The number of nitriles is 1. The molecule has 0 aliphatic rings. The van der Waals surface area contributed by atoms with Gasteiger partial charge in [0.25, 0.3) is 21.7 Å². The van der Waals surface area contributed by atoms with E-state index in [4.69, 9.17) is 11.6 Å². The van der Waals surface area contributed by atoms with Crippen molar-refractivity contribution in [3.05, 3.63) is 81.6 Å². The Hall–Kier alpha value is -3.48. The Bertz CT molecular complexity index is 1470. The van der Waals surface area contributed by atoms with Crippen molar-refractivity contribution in [1.29, 1.82) is 5.26 Å². The fourth-order valence-corrected chi connectivity index (χ4v) is 4.72. The molecule has 0 aliphatic carbocycles. The monoisotopic (exact) mass is 466 g/mol. The minimum atomic E-state index is -4.02. The Morgan fingerprint density at radius 1 is 1.09 bits per heavy atom. The topological polar surface area (TPSA) is 104 Å². The van der Waals surface area contributed by atoms with Gasteiger partial charge in [0.2, 0.25) is 0 Å². The lowest BCUT2D eigenvalue weighted by Gasteiger charge is -2.21. The summed E-state index contributed by atoms with van der Waals surface area (Å²) in [6.45, 7) is 5.33. The molecule has 0 saturated carbocycles. The molecule has 4 rings (SSSR count). The molecule has 2 heterocycles. The molecule has 0 fully saturated rings. The van der Waals surface area contributed by atoms with E-state index in [-0.39, 0.29) is 23.2 Å². The fraction of sp³-hybridized carbons (Fsp3) is 0.182. The Balaban J connectivity index is 1.89. The molecule has 0 atom stereocenters. The first-order valence-electron chi connectivity index (χ1n) is 9.68. The van der Waals surface area contributed by atoms with Crippen molar-refractivity contribution in [1.82, 2.24) is 19.6 Å². The second kappa shape index (κ2) is 8.22. The van der Waals surface area contributed by atoms with Crippen molar-refractivity contribution in [2.75, 3.05) is 4.31 Å². The highest BCUT2D eigenvalue weighted by atomic mass is 35.5. The van der Waals surface area contributed by atoms with E-state index in [9.17, 15) is 13.7 Å². The molecule has 0 amide bonds. The summed E-state index contributed by atoms with van der Waals surface area (Å²) < 4.78 is 29.8. The third kappa shape index (κ3) is 3.90. The molecule has 0 radical (unpaired) electrons. The Kier molecular flexibility index (Phi) is 5.59. The minimum absolute atomic E-state index is 0.0368. The van der Waals surface area contributed by atoms with Crippen LogP contribution in [0.15, 0.2) is 53.4 Å². The maximum atomic E-state index is 13.6. The molecule has 0 unspecified atom stereocenters. The molecule has 10 heteroatoms. The Morgan fingerprint density at radius 2 is 1.81 bits per heavy atom. The van der Waals surface area contributed by atoms with Gasteiger partial charge < -0.3 is 0 Å². The van der Waals surface area contributed by atoms with Gasteiger partial charge in [-0.25, -0.2) is 17.7 Å². The molecular formula is C22H19ClN6O2S. The van der Waals surface area contributed by atoms with E-state index in [1.54, 1.807) is 62.4 Å². The summed E-state index contributed by atoms with van der Waals surface area (Å²) in [4.78, 5) is 8.83. The number of nitrogens with zero attached hydrogens (tertiary/aromatic N) is 6. The molecule has 0 N–H and O–H groups in total. The fourth-order valence-electron chi connectivity index (χ4n) is 3.26. The smallest absolute Gasteiger partial charge is 0.228 e. The van der Waals surface area contributed by atoms with Gasteiger partial charge in [-0.15, -0.1) is 5.10 Å². The van der Waals surface area contributed by atoms with Crippen LogP contribution in [0.2, 0.25) is 5.02 Å². The summed E-state index contributed by atoms with van der Waals surface area (Å²) in [6, 6.07) is 15.4. The van der Waals surface area contributed by atoms with Crippen LogP contribution in [0, 0.1) is 32.1 Å². The highest BCUT2D eigenvalue weighted by molar-refractivity contribution is 7.92. The first kappa shape index (κ1) is 21.7. The molecule has 0 saturated heterocycles. The van der Waals surface area contributed by atoms with E-state index in [0.717, 1.165) is 9.87 Å². The van der Waals surface area contributed by atoms with Gasteiger partial charge >= 0.3 is 0 Å². The zero-order valence-electron chi connectivity index (χ0n) is 17.6. The third-order valence-electron chi connectivity index (χ3n) is 5.01. The van der Waals surface area contributed by atoms with Crippen LogP contribution >= 0.6 is 11.6 Å². The van der Waals surface area contributed by atoms with Gasteiger partial charge in [0.15, 0.2) is 0 Å². The number of halogens is 1. The third-order valence-corrected chi connectivity index (χ3v) is 7.30. The molecular weight excluding hydrogens is 448 g/mol. The van der Waals surface area contributed by atoms with E-state index in [1.165, 1.54) is 4.52 Å². The second-order valence-electron chi connectivity index (χ2n) is 7.36. The minimum Gasteiger partial charge on any atom is -0.228 e. The van der Waals surface area contributed by atoms with Gasteiger partial charge in [0.1, 0.15) is 0 Å². The Morgan fingerprint density at radius 3 is 2.50 bits per heavy atom. The van der Waals surface area contributed by atoms with E-state index in [0.29, 0.717) is 27.5 Å². The lowest BCUT2D eigenvalue weighted by molar-refractivity contribution is 0.589. The number of hydrogen-bond donors (Lipinski definition) is 0. The van der Waals surface area contributed by atoms with Crippen molar-refractivity contribution >= 4 is 33.4 Å². The summed E-state index contributed by atoms with van der Waals surface area (Å²) in [7, 11) is -4.02. The summed E-state index contributed by atoms with van der Waals surface area (Å²) in [6.07, 6.45) is 0. The summed E-state index contributed by atoms with van der Waals surface area (Å²) >= 11 is 6.30. The quantitative estimate of drug-likeness (QED) is 0.440. The van der Waals surface area contributed by atoms with Gasteiger partial charge in [-0.3, -0.25) is 0 Å². The summed E-state index contributed by atoms with van der Waals surface area (Å²) in [5, 5.41) is 14.1. The molecule has 0 aliphatic heterocycles. The maximum Gasteiger partial charge on any atom is 0.267 e. The van der Waals surface area contributed by atoms with Gasteiger partial charge in [-0.2, -0.15) is 14.8 Å². The molecule has 0 bridgehead atoms. The van der Waals surface area contributed by atoms with E-state index in [2.05, 4.69) is 21.1 Å². The molecule has 0 spiro atoms. The maximum absolute atomic E-state index is 13.6. The van der Waals surface area contributed by atoms with Crippen molar-refractivity contribution in [2.45, 2.75) is 32.2 Å². The SMILES string of the molecule is Cc1ccc(S(=O)(=O)N(Cc2cccc(C#N)c2)c2nc3nc(C)c(Cl)c(C)n3n2)cc1. The van der Waals surface area contributed by atoms with Crippen LogP contribution in [0.4, 0.5) is 5.95 Å². The largest absolute Gasteiger partial charge is 0.267 e. The molecule has 2 aromatic heterocycles. The van der Waals surface area contributed by atoms with Crippen molar-refractivity contribution < 1.29 is 8.42 Å². The number of aromatic nitrogens is 4. The van der Waals surface area contributed by atoms with Crippen LogP contribution in [-0.4, -0.2) is 28.0 Å². The van der Waals surface area contributed by atoms with Gasteiger partial charge in [0.05, 0.1) is 39.5 Å². The summed E-state index contributed by atoms with van der Waals surface area (Å²) in [5.74, 6) is 0.208. The number of sulfonamides is 1. The van der Waals surface area contributed by atoms with Gasteiger partial charge in [-0.05, 0) is 50.6 Å². The van der Waals surface area contributed by atoms with Crippen LogP contribution in [0.1, 0.15) is 28.1 Å². The zero-order valence-corrected chi connectivity index (χ0v) is 19.2. The van der Waals surface area contributed by atoms with E-state index >= 15 is 0 Å². The number of rotatable bonds is 5. The predicted octanol–water partition coefficient (Wildman–Crippen LogP) is 3.97. The number of anilines is 1. The highest BCUT2D eigenvalue weighted by Crippen LogP contribution is 2.26. The zero-order chi connectivity index (χ0) is 23.0. The molecule has 4 aromatic rings. The number of hydrogen-bond acceptors (Lipinski definition) is 6. The van der Waals surface area contributed by atoms with Crippen LogP contribution in [0.3, 0.4) is 0 Å². The van der Waals surface area contributed by atoms with Crippen molar-refractivity contribution in [2.24, 2.45) is 0 Å². The van der Waals surface area contributed by atoms with E-state index in [1.807, 2.05) is 6.92 Å². The first-order valence-corrected chi connectivity index (χ1v) is 11.5.